The summed E-state index contributed by atoms with van der Waals surface area (Å²) in [4.78, 5) is 29.7. The smallest absolute Gasteiger partial charge is 0.351 e. The predicted molar refractivity (Wildman–Crippen MR) is 165 cm³/mol. The number of carbonyl (C=O) groups excluding carboxylic acids is 1. The van der Waals surface area contributed by atoms with Crippen LogP contribution in [0.3, 0.4) is 0 Å². The van der Waals surface area contributed by atoms with E-state index in [9.17, 15) is 9.59 Å². The number of terminal acetylenes is 1. The number of anilines is 1. The maximum Gasteiger partial charge on any atom is 0.351 e. The lowest BCUT2D eigenvalue weighted by atomic mass is 9.97. The van der Waals surface area contributed by atoms with E-state index in [0.29, 0.717) is 5.56 Å². The second kappa shape index (κ2) is 11.6. The first-order valence-electron chi connectivity index (χ1n) is 13.8. The molecule has 1 aromatic carbocycles. The van der Waals surface area contributed by atoms with E-state index >= 15 is 4.39 Å². The summed E-state index contributed by atoms with van der Waals surface area (Å²) in [7, 11) is -4.78. The fraction of sp³-hybridized carbons (Fsp3) is 0.567. The van der Waals surface area contributed by atoms with Crippen LogP contribution >= 0.6 is 0 Å². The molecule has 3 rings (SSSR count). The monoisotopic (exact) mass is 601 g/mol. The first-order valence-corrected chi connectivity index (χ1v) is 19.6. The quantitative estimate of drug-likeness (QED) is 0.288. The van der Waals surface area contributed by atoms with Crippen molar-refractivity contribution in [2.75, 3.05) is 11.9 Å². The molecule has 2 aromatic rings. The third-order valence-corrected chi connectivity index (χ3v) is 17.6. The highest BCUT2D eigenvalue weighted by Crippen LogP contribution is 2.47. The molecule has 8 nitrogen and oxygen atoms in total. The molecule has 2 heterocycles. The van der Waals surface area contributed by atoms with Crippen molar-refractivity contribution in [2.24, 2.45) is 0 Å². The van der Waals surface area contributed by atoms with Crippen molar-refractivity contribution in [1.82, 2.24) is 9.55 Å². The number of benzene rings is 1. The molecule has 0 bridgehead atoms. The number of halogens is 1. The van der Waals surface area contributed by atoms with Crippen LogP contribution in [0.2, 0.25) is 36.3 Å². The number of nitrogens with one attached hydrogen (secondary N) is 1. The van der Waals surface area contributed by atoms with Crippen molar-refractivity contribution in [3.05, 3.63) is 58.6 Å². The van der Waals surface area contributed by atoms with E-state index in [0.717, 1.165) is 4.57 Å². The van der Waals surface area contributed by atoms with Gasteiger partial charge in [-0.15, -0.1) is 6.42 Å². The van der Waals surface area contributed by atoms with Gasteiger partial charge in [-0.3, -0.25) is 9.36 Å². The maximum absolute atomic E-state index is 17.0. The van der Waals surface area contributed by atoms with E-state index in [-0.39, 0.29) is 22.5 Å². The Morgan fingerprint density at radius 1 is 1.10 bits per heavy atom. The molecule has 1 aliphatic rings. The molecule has 0 aliphatic carbocycles. The average molecular weight is 602 g/mol. The van der Waals surface area contributed by atoms with Crippen LogP contribution in [-0.4, -0.2) is 56.6 Å². The minimum atomic E-state index is -2.54. The van der Waals surface area contributed by atoms with Crippen LogP contribution in [0.1, 0.15) is 58.1 Å². The first kappa shape index (κ1) is 32.9. The van der Waals surface area contributed by atoms with Crippen molar-refractivity contribution in [1.29, 1.82) is 0 Å². The highest BCUT2D eigenvalue weighted by atomic mass is 28.4. The van der Waals surface area contributed by atoms with E-state index in [1.807, 2.05) is 13.1 Å². The normalized spacial score (nSPS) is 23.7. The Labute approximate surface area is 245 Å². The molecular formula is C30H44FN3O5Si2. The van der Waals surface area contributed by atoms with Crippen molar-refractivity contribution in [3.63, 3.8) is 0 Å². The van der Waals surface area contributed by atoms with Gasteiger partial charge in [-0.2, -0.15) is 4.98 Å². The van der Waals surface area contributed by atoms with Crippen LogP contribution in [0.4, 0.5) is 10.2 Å². The average Bonchev–Trinajstić information content (AvgIpc) is 3.13. The van der Waals surface area contributed by atoms with Gasteiger partial charge < -0.3 is 18.9 Å². The molecule has 0 saturated carbocycles. The summed E-state index contributed by atoms with van der Waals surface area (Å²) in [5, 5.41) is 2.28. The van der Waals surface area contributed by atoms with Crippen LogP contribution in [0, 0.1) is 12.3 Å². The Morgan fingerprint density at radius 2 is 1.68 bits per heavy atom. The topological polar surface area (TPSA) is 91.7 Å². The van der Waals surface area contributed by atoms with Crippen LogP contribution in [0.5, 0.6) is 0 Å². The Balaban J connectivity index is 1.98. The lowest BCUT2D eigenvalue weighted by Crippen LogP contribution is -2.54. The predicted octanol–water partition coefficient (Wildman–Crippen LogP) is 6.15. The summed E-state index contributed by atoms with van der Waals surface area (Å²) in [5.41, 5.74) is -2.91. The number of carbonyl (C=O) groups is 1. The van der Waals surface area contributed by atoms with Crippen molar-refractivity contribution < 1.29 is 22.8 Å². The zero-order valence-electron chi connectivity index (χ0n) is 25.9. The highest BCUT2D eigenvalue weighted by molar-refractivity contribution is 6.74. The van der Waals surface area contributed by atoms with Gasteiger partial charge in [-0.1, -0.05) is 65.7 Å². The van der Waals surface area contributed by atoms with E-state index in [4.69, 9.17) is 20.0 Å². The first-order chi connectivity index (χ1) is 18.7. The number of hydrogen-bond acceptors (Lipinski definition) is 6. The zero-order chi connectivity index (χ0) is 31.0. The molecular weight excluding hydrogens is 558 g/mol. The minimum Gasteiger partial charge on any atom is -0.414 e. The minimum absolute atomic E-state index is 0.0233. The lowest BCUT2D eigenvalue weighted by molar-refractivity contribution is -0.0518. The van der Waals surface area contributed by atoms with Gasteiger partial charge in [0.15, 0.2) is 22.9 Å². The Kier molecular flexibility index (Phi) is 9.28. The Morgan fingerprint density at radius 3 is 2.20 bits per heavy atom. The Hall–Kier alpha value is -2.63. The zero-order valence-corrected chi connectivity index (χ0v) is 27.9. The van der Waals surface area contributed by atoms with Crippen molar-refractivity contribution in [3.8, 4) is 12.3 Å². The van der Waals surface area contributed by atoms with Crippen LogP contribution in [0.25, 0.3) is 0 Å². The van der Waals surface area contributed by atoms with E-state index < -0.39 is 52.3 Å². The highest BCUT2D eigenvalue weighted by Gasteiger charge is 2.61. The number of rotatable bonds is 8. The van der Waals surface area contributed by atoms with Gasteiger partial charge in [0.1, 0.15) is 18.0 Å². The van der Waals surface area contributed by atoms with Crippen LogP contribution < -0.4 is 11.0 Å². The van der Waals surface area contributed by atoms with Gasteiger partial charge in [-0.05, 0) is 54.5 Å². The molecule has 41 heavy (non-hydrogen) atoms. The fourth-order valence-corrected chi connectivity index (χ4v) is 6.22. The Bertz CT molecular complexity index is 1340. The molecule has 0 unspecified atom stereocenters. The third-order valence-electron chi connectivity index (χ3n) is 8.64. The van der Waals surface area contributed by atoms with Crippen LogP contribution in [-0.2, 0) is 13.6 Å². The summed E-state index contributed by atoms with van der Waals surface area (Å²) >= 11 is 0. The van der Waals surface area contributed by atoms with Gasteiger partial charge >= 0.3 is 5.69 Å². The van der Waals surface area contributed by atoms with E-state index in [2.05, 4.69) is 70.9 Å². The molecule has 0 radical (unpaired) electrons. The summed E-state index contributed by atoms with van der Waals surface area (Å²) in [6.07, 6.45) is 3.62. The van der Waals surface area contributed by atoms with Gasteiger partial charge in [0.2, 0.25) is 5.67 Å². The van der Waals surface area contributed by atoms with Crippen molar-refractivity contribution in [2.45, 2.75) is 102 Å². The van der Waals surface area contributed by atoms with E-state index in [1.165, 1.54) is 12.3 Å². The molecule has 1 aliphatic heterocycles. The van der Waals surface area contributed by atoms with Gasteiger partial charge in [-0.25, -0.2) is 9.18 Å². The molecule has 4 atom stereocenters. The number of amides is 1. The number of aromatic nitrogens is 2. The molecule has 1 amide bonds. The van der Waals surface area contributed by atoms with Gasteiger partial charge in [0.05, 0.1) is 6.61 Å². The molecule has 0 spiro atoms. The summed E-state index contributed by atoms with van der Waals surface area (Å²) in [6, 6.07) is 9.94. The van der Waals surface area contributed by atoms with Gasteiger partial charge in [0.25, 0.3) is 5.91 Å². The van der Waals surface area contributed by atoms with Crippen molar-refractivity contribution >= 4 is 28.4 Å². The third kappa shape index (κ3) is 6.89. The number of nitrogens with zero attached hydrogens (tertiary/aromatic N) is 2. The molecule has 1 saturated heterocycles. The lowest BCUT2D eigenvalue weighted by Gasteiger charge is -2.42. The van der Waals surface area contributed by atoms with Gasteiger partial charge in [0, 0.05) is 11.8 Å². The second-order valence-corrected chi connectivity index (χ2v) is 23.2. The van der Waals surface area contributed by atoms with Crippen LogP contribution in [0.15, 0.2) is 47.4 Å². The fourth-order valence-electron chi connectivity index (χ4n) is 3.90. The standard InChI is InChI=1S/C30H44FN3O5Si2/c1-12-30(31)24(39-41(10,11)29(5,6)7)22(20-37-40(8,9)28(2,3)4)38-26(30)34-19-18-23(33-27(34)36)32-25(35)21-16-14-13-15-17-21/h1,13-19,22,24,26H,20H2,2-11H3,(H,32,33,35,36)/t22-,24-,26-,30+/m1/s1. The summed E-state index contributed by atoms with van der Waals surface area (Å²) in [6.45, 7) is 20.8. The molecule has 1 fully saturated rings. The molecule has 1 N–H and O–H groups in total. The molecule has 1 aromatic heterocycles. The second-order valence-electron chi connectivity index (χ2n) is 13.6. The van der Waals surface area contributed by atoms with E-state index in [1.54, 1.807) is 30.3 Å². The number of alkyl halides is 1. The maximum atomic E-state index is 17.0. The molecule has 11 heteroatoms. The summed E-state index contributed by atoms with van der Waals surface area (Å²) in [5.74, 6) is 1.86. The SMILES string of the molecule is C#C[C@]1(F)[C@H](O[Si](C)(C)C(C)(C)C)[C@@H](CO[Si](C)(C)C(C)(C)C)O[C@H]1n1ccc(NC(=O)c2ccccc2)nc1=O. The number of hydrogen-bond donors (Lipinski definition) is 1. The largest absolute Gasteiger partial charge is 0.414 e. The number of ether oxygens (including phenoxy) is 1. The summed E-state index contributed by atoms with van der Waals surface area (Å²) < 4.78 is 37.3. The molecule has 224 valence electrons.